The van der Waals surface area contributed by atoms with Gasteiger partial charge in [0.05, 0.1) is 16.2 Å². The molecule has 19 nitrogen and oxygen atoms in total. The summed E-state index contributed by atoms with van der Waals surface area (Å²) in [5.41, 5.74) is -1.92. The van der Waals surface area contributed by atoms with Crippen molar-refractivity contribution in [1.82, 2.24) is 29.5 Å². The van der Waals surface area contributed by atoms with Gasteiger partial charge in [-0.25, -0.2) is 21.6 Å². The van der Waals surface area contributed by atoms with Crippen LogP contribution in [-0.2, 0) is 44.0 Å². The lowest BCUT2D eigenvalue weighted by molar-refractivity contribution is -0.192. The van der Waals surface area contributed by atoms with Gasteiger partial charge in [0.25, 0.3) is 11.8 Å². The SMILES string of the molecule is CC(C)(C)CC(=O)N1CCCC(C2=NC3(CCN(S(=O)(=O)c4cccc(Cl)c4)CC3)C(=O)N2)C1.CC(C)(C)CC(=O)O.O=C(O)C(F)(F)F.O=C1NC(C2CCCNC2)=NC12CCN(S(=O)(=O)c1cccc(Cl)c1)CC2. The van der Waals surface area contributed by atoms with Gasteiger partial charge in [-0.05, 0) is 105 Å². The van der Waals surface area contributed by atoms with Gasteiger partial charge in [-0.15, -0.1) is 0 Å². The zero-order valence-electron chi connectivity index (χ0n) is 43.5. The number of sulfonamides is 2. The summed E-state index contributed by atoms with van der Waals surface area (Å²) in [4.78, 5) is 69.1. The Labute approximate surface area is 452 Å². The lowest BCUT2D eigenvalue weighted by Gasteiger charge is -2.35. The Hall–Kier alpha value is -4.72. The maximum absolute atomic E-state index is 13.0. The van der Waals surface area contributed by atoms with Crippen molar-refractivity contribution in [3.8, 4) is 0 Å². The molecule has 3 amide bonds. The third kappa shape index (κ3) is 16.7. The van der Waals surface area contributed by atoms with E-state index in [1.54, 1.807) is 30.3 Å². The molecule has 2 atom stereocenters. The van der Waals surface area contributed by atoms with Gasteiger partial charge < -0.3 is 31.1 Å². The highest BCUT2D eigenvalue weighted by Gasteiger charge is 2.50. The smallest absolute Gasteiger partial charge is 0.481 e. The Morgan fingerprint density at radius 3 is 1.46 bits per heavy atom. The Bertz CT molecular complexity index is 2750. The van der Waals surface area contributed by atoms with E-state index in [2.05, 4.69) is 36.7 Å². The van der Waals surface area contributed by atoms with Crippen LogP contribution in [0, 0.1) is 22.7 Å². The number of nitrogens with one attached hydrogen (secondary N) is 3. The van der Waals surface area contributed by atoms with Crippen LogP contribution in [0.25, 0.3) is 0 Å². The predicted molar refractivity (Wildman–Crippen MR) is 280 cm³/mol. The maximum atomic E-state index is 13.0. The Balaban J connectivity index is 0.000000224. The first-order valence-corrected chi connectivity index (χ1v) is 28.6. The van der Waals surface area contributed by atoms with E-state index in [9.17, 15) is 49.2 Å². The van der Waals surface area contributed by atoms with Crippen LogP contribution < -0.4 is 16.0 Å². The average molecular weight is 1150 g/mol. The summed E-state index contributed by atoms with van der Waals surface area (Å²) in [6.45, 7) is 15.9. The van der Waals surface area contributed by atoms with Crippen LogP contribution in [0.15, 0.2) is 68.3 Å². The van der Waals surface area contributed by atoms with E-state index in [1.807, 2.05) is 25.7 Å². The fourth-order valence-electron chi connectivity index (χ4n) is 9.43. The van der Waals surface area contributed by atoms with Crippen LogP contribution in [0.2, 0.25) is 10.0 Å². The number of piperidine rings is 4. The molecule has 5 N–H and O–H groups in total. The number of hydrogen-bond acceptors (Lipinski definition) is 12. The van der Waals surface area contributed by atoms with Crippen LogP contribution in [0.4, 0.5) is 13.2 Å². The second-order valence-corrected chi connectivity index (χ2v) is 26.8. The molecule has 0 aromatic heterocycles. The summed E-state index contributed by atoms with van der Waals surface area (Å²) >= 11 is 11.9. The number of amides is 3. The maximum Gasteiger partial charge on any atom is 0.490 e. The number of aliphatic imine (C=N–C) groups is 2. The largest absolute Gasteiger partial charge is 0.490 e. The normalized spacial score (nSPS) is 22.1. The van der Waals surface area contributed by atoms with Crippen LogP contribution in [-0.4, -0.2) is 152 Å². The Morgan fingerprint density at radius 1 is 0.684 bits per heavy atom. The lowest BCUT2D eigenvalue weighted by Crippen LogP contribution is -2.50. The Kier molecular flexibility index (Phi) is 20.4. The minimum Gasteiger partial charge on any atom is -0.481 e. The number of rotatable bonds is 8. The summed E-state index contributed by atoms with van der Waals surface area (Å²) < 4.78 is 86.3. The van der Waals surface area contributed by atoms with Gasteiger partial charge >= 0.3 is 18.1 Å². The van der Waals surface area contributed by atoms with Gasteiger partial charge in [0.1, 0.15) is 22.7 Å². The average Bonchev–Trinajstić information content (AvgIpc) is 3.82. The van der Waals surface area contributed by atoms with E-state index < -0.39 is 49.2 Å². The van der Waals surface area contributed by atoms with E-state index in [4.69, 9.17) is 48.2 Å². The molecule has 76 heavy (non-hydrogen) atoms. The van der Waals surface area contributed by atoms with E-state index in [0.717, 1.165) is 51.2 Å². The number of alkyl halides is 3. The number of halogens is 5. The van der Waals surface area contributed by atoms with Crippen LogP contribution in [0.5, 0.6) is 0 Å². The number of carbonyl (C=O) groups excluding carboxylic acids is 3. The standard InChI is InChI=1S/C24H33ClN4O4S.C18H23ClN4O3S.C6H12O2.C2HF3O2/c1-23(2,3)15-20(30)28-11-5-6-17(16-28)21-26-22(31)24(27-21)9-12-29(13-10-24)34(32,33)19-8-4-7-18(25)14-19;19-14-4-1-5-15(11-14)27(25,26)23-9-6-18(7-10-23)17(24)21-16(22-18)13-3-2-8-20-12-13;1-6(2,3)4-5(7)8;3-2(4,5)1(6)7/h4,7-8,14,17H,5-6,9-13,15-16H2,1-3H3,(H,26,27,31);1,4-5,11,13,20H,2-3,6-10,12H2,(H,21,22,24);4H2,1-3H3,(H,7,8);(H,6,7). The number of benzene rings is 2. The zero-order valence-corrected chi connectivity index (χ0v) is 46.7. The summed E-state index contributed by atoms with van der Waals surface area (Å²) in [7, 11) is -7.31. The topological polar surface area (TPSA) is 265 Å². The number of carboxylic acid groups (broad SMARTS) is 2. The molecule has 2 aromatic carbocycles. The minimum absolute atomic E-state index is 0.00536. The molecule has 422 valence electrons. The molecule has 26 heteroatoms. The fraction of sp³-hybridized carbons (Fsp3) is 0.620. The summed E-state index contributed by atoms with van der Waals surface area (Å²) in [5, 5.41) is 25.4. The number of nitrogens with zero attached hydrogens (tertiary/aromatic N) is 5. The summed E-state index contributed by atoms with van der Waals surface area (Å²) in [6, 6.07) is 12.5. The summed E-state index contributed by atoms with van der Waals surface area (Å²) in [5.74, 6) is -1.98. The fourth-order valence-corrected chi connectivity index (χ4v) is 12.9. The van der Waals surface area contributed by atoms with Crippen LogP contribution in [0.3, 0.4) is 0 Å². The number of likely N-dealkylation sites (tertiary alicyclic amines) is 1. The zero-order chi connectivity index (χ0) is 56.7. The molecular formula is C50H69Cl2F3N8O11S2. The molecule has 0 bridgehead atoms. The molecule has 2 aromatic rings. The van der Waals surface area contributed by atoms with Gasteiger partial charge in [0.2, 0.25) is 26.0 Å². The molecule has 4 saturated heterocycles. The van der Waals surface area contributed by atoms with Gasteiger partial charge in [-0.1, -0.05) is 76.9 Å². The molecule has 6 aliphatic heterocycles. The molecule has 6 heterocycles. The van der Waals surface area contributed by atoms with Crippen molar-refractivity contribution in [3.63, 3.8) is 0 Å². The molecular weight excluding hydrogens is 1080 g/mol. The highest BCUT2D eigenvalue weighted by molar-refractivity contribution is 7.89. The molecule has 8 rings (SSSR count). The van der Waals surface area contributed by atoms with Crippen molar-refractivity contribution in [1.29, 1.82) is 0 Å². The summed E-state index contributed by atoms with van der Waals surface area (Å²) in [6.07, 6.45) is 0.882. The first kappa shape index (κ1) is 62.1. The first-order valence-electron chi connectivity index (χ1n) is 25.0. The van der Waals surface area contributed by atoms with Gasteiger partial charge in [0, 0.05) is 74.1 Å². The monoisotopic (exact) mass is 1150 g/mol. The van der Waals surface area contributed by atoms with Gasteiger partial charge in [0.15, 0.2) is 0 Å². The molecule has 4 fully saturated rings. The third-order valence-corrected chi connectivity index (χ3v) is 17.7. The number of carboxylic acids is 2. The van der Waals surface area contributed by atoms with Crippen molar-refractivity contribution in [2.45, 2.75) is 133 Å². The third-order valence-electron chi connectivity index (χ3n) is 13.4. The first-order chi connectivity index (χ1) is 35.2. The number of carbonyl (C=O) groups is 5. The molecule has 0 aliphatic carbocycles. The van der Waals surface area contributed by atoms with Crippen LogP contribution >= 0.6 is 23.2 Å². The van der Waals surface area contributed by atoms with Gasteiger partial charge in [-0.2, -0.15) is 21.8 Å². The molecule has 0 saturated carbocycles. The number of hydrogen-bond donors (Lipinski definition) is 5. The van der Waals surface area contributed by atoms with E-state index >= 15 is 0 Å². The van der Waals surface area contributed by atoms with Gasteiger partial charge in [-0.3, -0.25) is 29.2 Å². The minimum atomic E-state index is -5.08. The van der Waals surface area contributed by atoms with Crippen molar-refractivity contribution in [2.24, 2.45) is 32.7 Å². The quantitative estimate of drug-likeness (QED) is 0.187. The second kappa shape index (κ2) is 24.9. The van der Waals surface area contributed by atoms with Crippen molar-refractivity contribution in [3.05, 3.63) is 58.6 Å². The number of amidine groups is 2. The van der Waals surface area contributed by atoms with Crippen molar-refractivity contribution >= 4 is 84.6 Å². The van der Waals surface area contributed by atoms with Crippen molar-refractivity contribution in [2.75, 3.05) is 52.4 Å². The predicted octanol–water partition coefficient (Wildman–Crippen LogP) is 6.60. The highest BCUT2D eigenvalue weighted by Crippen LogP contribution is 2.37. The molecule has 0 radical (unpaired) electrons. The molecule has 6 aliphatic rings. The second-order valence-electron chi connectivity index (χ2n) is 22.1. The van der Waals surface area contributed by atoms with E-state index in [-0.39, 0.29) is 82.8 Å². The molecule has 2 unspecified atom stereocenters. The van der Waals surface area contributed by atoms with E-state index in [0.29, 0.717) is 54.5 Å². The highest BCUT2D eigenvalue weighted by atomic mass is 35.5. The van der Waals surface area contributed by atoms with Crippen LogP contribution in [0.1, 0.15) is 106 Å². The van der Waals surface area contributed by atoms with E-state index in [1.165, 1.54) is 26.8 Å². The van der Waals surface area contributed by atoms with Crippen molar-refractivity contribution < 1.29 is 64.2 Å². The lowest BCUT2D eigenvalue weighted by atomic mass is 9.89. The molecule has 2 spiro atoms. The number of aliphatic carboxylic acids is 2. The Morgan fingerprint density at radius 2 is 1.11 bits per heavy atom.